The van der Waals surface area contributed by atoms with Crippen molar-refractivity contribution in [2.24, 2.45) is 0 Å². The van der Waals surface area contributed by atoms with Crippen LogP contribution in [-0.4, -0.2) is 37.0 Å². The second kappa shape index (κ2) is 6.60. The highest BCUT2D eigenvalue weighted by Gasteiger charge is 2.35. The van der Waals surface area contributed by atoms with Gasteiger partial charge in [-0.25, -0.2) is 12.8 Å². The van der Waals surface area contributed by atoms with Crippen molar-refractivity contribution < 1.29 is 17.9 Å². The third-order valence-corrected chi connectivity index (χ3v) is 6.17. The van der Waals surface area contributed by atoms with Crippen molar-refractivity contribution >= 4 is 31.6 Å². The van der Waals surface area contributed by atoms with Crippen molar-refractivity contribution in [2.45, 2.75) is 36.6 Å². The highest BCUT2D eigenvalue weighted by atomic mass is 79.9. The summed E-state index contributed by atoms with van der Waals surface area (Å²) >= 11 is 2.98. The Morgan fingerprint density at radius 3 is 2.81 bits per heavy atom. The van der Waals surface area contributed by atoms with E-state index in [2.05, 4.69) is 15.9 Å². The van der Waals surface area contributed by atoms with Crippen LogP contribution in [0.15, 0.2) is 21.5 Å². The lowest BCUT2D eigenvalue weighted by Crippen LogP contribution is -2.44. The first-order chi connectivity index (χ1) is 9.87. The van der Waals surface area contributed by atoms with Crippen molar-refractivity contribution in [3.8, 4) is 0 Å². The van der Waals surface area contributed by atoms with Crippen LogP contribution in [0.4, 0.5) is 10.1 Å². The molecular formula is C13H18BrFN2O3S. The van der Waals surface area contributed by atoms with Gasteiger partial charge in [0.25, 0.3) is 0 Å². The number of hydrogen-bond donors (Lipinski definition) is 2. The van der Waals surface area contributed by atoms with Gasteiger partial charge in [0.15, 0.2) is 5.82 Å². The van der Waals surface area contributed by atoms with E-state index in [1.165, 1.54) is 10.4 Å². The molecule has 0 spiro atoms. The molecule has 0 saturated carbocycles. The number of nitrogens with zero attached hydrogens (tertiary/aromatic N) is 1. The SMILES string of the molecule is Nc1cc(Br)c(F)c(S(=O)(=O)N2CCCCC2CCO)c1. The van der Waals surface area contributed by atoms with Crippen molar-refractivity contribution in [3.63, 3.8) is 0 Å². The maximum absolute atomic E-state index is 14.2. The molecular weight excluding hydrogens is 363 g/mol. The number of nitrogen functional groups attached to an aromatic ring is 1. The topological polar surface area (TPSA) is 83.6 Å². The van der Waals surface area contributed by atoms with E-state index in [0.29, 0.717) is 19.4 Å². The van der Waals surface area contributed by atoms with Gasteiger partial charge in [-0.05, 0) is 47.3 Å². The summed E-state index contributed by atoms with van der Waals surface area (Å²) in [5.41, 5.74) is 5.81. The number of hydrogen-bond acceptors (Lipinski definition) is 4. The Bertz CT molecular complexity index is 622. The lowest BCUT2D eigenvalue weighted by atomic mass is 10.0. The first-order valence-electron chi connectivity index (χ1n) is 6.75. The van der Waals surface area contributed by atoms with Crippen molar-refractivity contribution in [3.05, 3.63) is 22.4 Å². The Balaban J connectivity index is 2.45. The monoisotopic (exact) mass is 380 g/mol. The number of sulfonamides is 1. The molecule has 21 heavy (non-hydrogen) atoms. The molecule has 1 aromatic rings. The summed E-state index contributed by atoms with van der Waals surface area (Å²) < 4.78 is 41.0. The van der Waals surface area contributed by atoms with Gasteiger partial charge in [-0.1, -0.05) is 6.42 Å². The summed E-state index contributed by atoms with van der Waals surface area (Å²) in [6.45, 7) is 0.235. The fourth-order valence-electron chi connectivity index (χ4n) is 2.63. The van der Waals surface area contributed by atoms with E-state index < -0.39 is 20.7 Å². The number of benzene rings is 1. The van der Waals surface area contributed by atoms with E-state index in [-0.39, 0.29) is 22.8 Å². The van der Waals surface area contributed by atoms with Gasteiger partial charge in [-0.2, -0.15) is 4.31 Å². The van der Waals surface area contributed by atoms with Gasteiger partial charge >= 0.3 is 0 Å². The summed E-state index contributed by atoms with van der Waals surface area (Å²) in [5.74, 6) is -0.836. The number of anilines is 1. The summed E-state index contributed by atoms with van der Waals surface area (Å²) in [7, 11) is -3.97. The van der Waals surface area contributed by atoms with Crippen molar-refractivity contribution in [1.82, 2.24) is 4.31 Å². The van der Waals surface area contributed by atoms with Gasteiger partial charge < -0.3 is 10.8 Å². The van der Waals surface area contributed by atoms with Crippen molar-refractivity contribution in [1.29, 1.82) is 0 Å². The highest BCUT2D eigenvalue weighted by molar-refractivity contribution is 9.10. The van der Waals surface area contributed by atoms with Gasteiger partial charge in [0.05, 0.1) is 4.47 Å². The maximum atomic E-state index is 14.2. The number of nitrogens with two attached hydrogens (primary N) is 1. The van der Waals surface area contributed by atoms with Gasteiger partial charge in [-0.15, -0.1) is 0 Å². The van der Waals surface area contributed by atoms with Crippen LogP contribution in [0, 0.1) is 5.82 Å². The second-order valence-electron chi connectivity index (χ2n) is 5.09. The molecule has 0 aliphatic carbocycles. The number of rotatable bonds is 4. The first-order valence-corrected chi connectivity index (χ1v) is 8.98. The third kappa shape index (κ3) is 3.39. The molecule has 1 atom stereocenters. The van der Waals surface area contributed by atoms with Gasteiger partial charge in [0, 0.05) is 24.9 Å². The minimum Gasteiger partial charge on any atom is -0.399 e. The van der Waals surface area contributed by atoms with Crippen LogP contribution < -0.4 is 5.73 Å². The highest BCUT2D eigenvalue weighted by Crippen LogP contribution is 2.32. The summed E-state index contributed by atoms with van der Waals surface area (Å²) in [4.78, 5) is -0.417. The fourth-order valence-corrected chi connectivity index (χ4v) is 5.08. The quantitative estimate of drug-likeness (QED) is 0.783. The van der Waals surface area contributed by atoms with Crippen LogP contribution in [0.1, 0.15) is 25.7 Å². The van der Waals surface area contributed by atoms with Gasteiger partial charge in [0.1, 0.15) is 4.90 Å². The number of aliphatic hydroxyl groups is 1. The van der Waals surface area contributed by atoms with E-state index in [1.807, 2.05) is 0 Å². The zero-order chi connectivity index (χ0) is 15.6. The smallest absolute Gasteiger partial charge is 0.246 e. The molecule has 1 heterocycles. The number of aliphatic hydroxyl groups excluding tert-OH is 1. The van der Waals surface area contributed by atoms with Crippen LogP contribution in [0.5, 0.6) is 0 Å². The molecule has 1 aliphatic rings. The maximum Gasteiger partial charge on any atom is 0.246 e. The summed E-state index contributed by atoms with van der Waals surface area (Å²) in [5, 5.41) is 9.09. The molecule has 0 radical (unpaired) electrons. The predicted molar refractivity (Wildman–Crippen MR) is 81.7 cm³/mol. The minimum atomic E-state index is -3.97. The summed E-state index contributed by atoms with van der Waals surface area (Å²) in [6.07, 6.45) is 2.65. The molecule has 0 aromatic heterocycles. The molecule has 0 amide bonds. The molecule has 3 N–H and O–H groups in total. The minimum absolute atomic E-state index is 0.0248. The van der Waals surface area contributed by atoms with E-state index in [1.54, 1.807) is 0 Å². The largest absolute Gasteiger partial charge is 0.399 e. The predicted octanol–water partition coefficient (Wildman–Crippen LogP) is 2.10. The lowest BCUT2D eigenvalue weighted by Gasteiger charge is -2.34. The Kier molecular flexibility index (Phi) is 5.24. The van der Waals surface area contributed by atoms with E-state index >= 15 is 0 Å². The molecule has 1 aliphatic heterocycles. The fraction of sp³-hybridized carbons (Fsp3) is 0.538. The Morgan fingerprint density at radius 2 is 2.14 bits per heavy atom. The molecule has 8 heteroatoms. The van der Waals surface area contributed by atoms with Gasteiger partial charge in [0.2, 0.25) is 10.0 Å². The Labute approximate surface area is 132 Å². The van der Waals surface area contributed by atoms with E-state index in [0.717, 1.165) is 18.9 Å². The second-order valence-corrected chi connectivity index (χ2v) is 7.81. The van der Waals surface area contributed by atoms with Crippen LogP contribution >= 0.6 is 15.9 Å². The molecule has 0 bridgehead atoms. The van der Waals surface area contributed by atoms with Crippen LogP contribution in [0.3, 0.4) is 0 Å². The standard InChI is InChI=1S/C13H18BrFN2O3S/c14-11-7-9(16)8-12(13(11)15)21(19,20)17-5-2-1-3-10(17)4-6-18/h7-8,10,18H,1-6,16H2. The van der Waals surface area contributed by atoms with Crippen molar-refractivity contribution in [2.75, 3.05) is 18.9 Å². The molecule has 2 rings (SSSR count). The first kappa shape index (κ1) is 16.7. The van der Waals surface area contributed by atoms with Crippen LogP contribution in [0.2, 0.25) is 0 Å². The zero-order valence-corrected chi connectivity index (χ0v) is 13.8. The van der Waals surface area contributed by atoms with E-state index in [9.17, 15) is 12.8 Å². The average Bonchev–Trinajstić information content (AvgIpc) is 2.43. The Hall–Kier alpha value is -0.700. The lowest BCUT2D eigenvalue weighted by molar-refractivity contribution is 0.192. The molecule has 1 fully saturated rings. The molecule has 1 saturated heterocycles. The third-order valence-electron chi connectivity index (χ3n) is 3.64. The molecule has 5 nitrogen and oxygen atoms in total. The number of piperidine rings is 1. The molecule has 1 unspecified atom stereocenters. The summed E-state index contributed by atoms with van der Waals surface area (Å²) in [6, 6.07) is 2.17. The molecule has 1 aromatic carbocycles. The Morgan fingerprint density at radius 1 is 1.43 bits per heavy atom. The van der Waals surface area contributed by atoms with E-state index in [4.69, 9.17) is 10.8 Å². The number of halogens is 2. The average molecular weight is 381 g/mol. The van der Waals surface area contributed by atoms with Gasteiger partial charge in [-0.3, -0.25) is 0 Å². The van der Waals surface area contributed by atoms with Crippen LogP contribution in [0.25, 0.3) is 0 Å². The zero-order valence-electron chi connectivity index (χ0n) is 11.4. The molecule has 118 valence electrons. The normalized spacial score (nSPS) is 20.6. The van der Waals surface area contributed by atoms with Crippen LogP contribution in [-0.2, 0) is 10.0 Å².